The molecular formula is C22H36O2. The van der Waals surface area contributed by atoms with Crippen LogP contribution in [0.15, 0.2) is 0 Å². The molecule has 1 aliphatic heterocycles. The first-order valence-electron chi connectivity index (χ1n) is 10.9. The van der Waals surface area contributed by atoms with Gasteiger partial charge in [0.1, 0.15) is 0 Å². The lowest BCUT2D eigenvalue weighted by molar-refractivity contribution is -0.177. The average molecular weight is 333 g/mol. The van der Waals surface area contributed by atoms with Crippen LogP contribution in [0.3, 0.4) is 0 Å². The summed E-state index contributed by atoms with van der Waals surface area (Å²) in [6, 6.07) is 0. The van der Waals surface area contributed by atoms with E-state index in [0.717, 1.165) is 36.5 Å². The highest BCUT2D eigenvalue weighted by atomic mass is 16.5. The third kappa shape index (κ3) is 2.08. The topological polar surface area (TPSA) is 29.5 Å². The number of fused-ring (bicyclic) bond motifs is 4. The molecule has 1 N–H and O–H groups in total. The minimum absolute atomic E-state index is 0.0151. The first-order valence-corrected chi connectivity index (χ1v) is 10.9. The van der Waals surface area contributed by atoms with Gasteiger partial charge in [-0.1, -0.05) is 6.92 Å². The van der Waals surface area contributed by atoms with Crippen LogP contribution in [0.25, 0.3) is 0 Å². The fraction of sp³-hybridized carbons (Fsp3) is 1.00. The Bertz CT molecular complexity index is 498. The molecule has 24 heavy (non-hydrogen) atoms. The van der Waals surface area contributed by atoms with Gasteiger partial charge in [-0.2, -0.15) is 0 Å². The Morgan fingerprint density at radius 1 is 0.875 bits per heavy atom. The summed E-state index contributed by atoms with van der Waals surface area (Å²) in [4.78, 5) is 0. The number of rotatable bonds is 0. The standard InChI is InChI=1S/C22H36O2/c1-14-7-11-22-12-9-18-17(19(22)5-6-20(22)24-14)4-3-15-13-16(23)8-10-21(15,18)2/h14-20,23H,3-13H2,1-2H3/t14-,15-,16+,17?,18?,19?,20-,21-,22-/m0/s1. The summed E-state index contributed by atoms with van der Waals surface area (Å²) in [7, 11) is 0. The van der Waals surface area contributed by atoms with Gasteiger partial charge in [-0.15, -0.1) is 0 Å². The Morgan fingerprint density at radius 2 is 1.71 bits per heavy atom. The van der Waals surface area contributed by atoms with Gasteiger partial charge in [0.05, 0.1) is 18.3 Å². The molecule has 4 aliphatic carbocycles. The summed E-state index contributed by atoms with van der Waals surface area (Å²) in [5, 5.41) is 10.2. The normalized spacial score (nSPS) is 59.9. The maximum absolute atomic E-state index is 10.2. The van der Waals surface area contributed by atoms with E-state index in [9.17, 15) is 5.11 Å². The molecule has 5 fully saturated rings. The van der Waals surface area contributed by atoms with Crippen molar-refractivity contribution in [1.29, 1.82) is 0 Å². The highest BCUT2D eigenvalue weighted by molar-refractivity contribution is 5.11. The first kappa shape index (κ1) is 16.1. The Hall–Kier alpha value is -0.0800. The van der Waals surface area contributed by atoms with E-state index in [1.807, 2.05) is 0 Å². The molecule has 0 radical (unpaired) electrons. The Labute approximate surface area is 147 Å². The Balaban J connectivity index is 1.43. The molecule has 9 atom stereocenters. The summed E-state index contributed by atoms with van der Waals surface area (Å²) in [5.74, 6) is 3.62. The zero-order chi connectivity index (χ0) is 16.5. The minimum Gasteiger partial charge on any atom is -0.393 e. The lowest BCUT2D eigenvalue weighted by atomic mass is 9.44. The fourth-order valence-corrected chi connectivity index (χ4v) is 8.49. The van der Waals surface area contributed by atoms with E-state index < -0.39 is 0 Å². The molecule has 1 spiro atoms. The molecule has 2 heteroatoms. The van der Waals surface area contributed by atoms with Gasteiger partial charge in [0, 0.05) is 0 Å². The SMILES string of the molecule is C[C@H]1CC[C@]23CCC4C(CC[C@H]5C[C@H](O)CC[C@]45C)C2CC[C@@H]3O1. The van der Waals surface area contributed by atoms with E-state index in [2.05, 4.69) is 13.8 Å². The van der Waals surface area contributed by atoms with Gasteiger partial charge in [-0.25, -0.2) is 0 Å². The molecule has 0 aromatic rings. The summed E-state index contributed by atoms with van der Waals surface area (Å²) < 4.78 is 6.46. The van der Waals surface area contributed by atoms with E-state index in [-0.39, 0.29) is 6.10 Å². The van der Waals surface area contributed by atoms with Crippen LogP contribution in [0.4, 0.5) is 0 Å². The van der Waals surface area contributed by atoms with Crippen LogP contribution >= 0.6 is 0 Å². The van der Waals surface area contributed by atoms with Crippen molar-refractivity contribution in [2.45, 2.75) is 103 Å². The van der Waals surface area contributed by atoms with Crippen molar-refractivity contribution in [2.24, 2.45) is 34.5 Å². The van der Waals surface area contributed by atoms with Crippen LogP contribution in [0, 0.1) is 34.5 Å². The first-order chi connectivity index (χ1) is 11.5. The van der Waals surface area contributed by atoms with E-state index in [4.69, 9.17) is 4.74 Å². The van der Waals surface area contributed by atoms with E-state index in [1.165, 1.54) is 57.8 Å². The van der Waals surface area contributed by atoms with Crippen LogP contribution in [0.1, 0.15) is 84.5 Å². The Kier molecular flexibility index (Phi) is 3.67. The van der Waals surface area contributed by atoms with Crippen molar-refractivity contribution in [2.75, 3.05) is 0 Å². The highest BCUT2D eigenvalue weighted by Gasteiger charge is 2.62. The second-order valence-corrected chi connectivity index (χ2v) is 10.4. The monoisotopic (exact) mass is 332 g/mol. The van der Waals surface area contributed by atoms with Crippen LogP contribution in [0.5, 0.6) is 0 Å². The molecule has 0 amide bonds. The lowest BCUT2D eigenvalue weighted by Crippen LogP contribution is -2.56. The molecule has 0 aromatic heterocycles. The van der Waals surface area contributed by atoms with E-state index in [0.29, 0.717) is 23.0 Å². The minimum atomic E-state index is -0.0151. The van der Waals surface area contributed by atoms with Gasteiger partial charge in [0.2, 0.25) is 0 Å². The van der Waals surface area contributed by atoms with Crippen molar-refractivity contribution in [3.63, 3.8) is 0 Å². The van der Waals surface area contributed by atoms with Crippen molar-refractivity contribution >= 4 is 0 Å². The summed E-state index contributed by atoms with van der Waals surface area (Å²) in [5.41, 5.74) is 1.07. The quantitative estimate of drug-likeness (QED) is 0.681. The smallest absolute Gasteiger partial charge is 0.0637 e. The van der Waals surface area contributed by atoms with Gasteiger partial charge < -0.3 is 9.84 Å². The number of hydrogen-bond donors (Lipinski definition) is 1. The number of ether oxygens (including phenoxy) is 1. The summed E-state index contributed by atoms with van der Waals surface area (Å²) >= 11 is 0. The molecule has 4 saturated carbocycles. The molecule has 5 aliphatic rings. The van der Waals surface area contributed by atoms with Gasteiger partial charge >= 0.3 is 0 Å². The van der Waals surface area contributed by atoms with Crippen molar-refractivity contribution < 1.29 is 9.84 Å². The van der Waals surface area contributed by atoms with Crippen LogP contribution in [-0.2, 0) is 4.74 Å². The van der Waals surface area contributed by atoms with Gasteiger partial charge in [0.15, 0.2) is 0 Å². The van der Waals surface area contributed by atoms with Crippen molar-refractivity contribution in [3.8, 4) is 0 Å². The second-order valence-electron chi connectivity index (χ2n) is 10.4. The average Bonchev–Trinajstić information content (AvgIpc) is 2.94. The van der Waals surface area contributed by atoms with Gasteiger partial charge in [-0.05, 0) is 112 Å². The van der Waals surface area contributed by atoms with Crippen LogP contribution in [0.2, 0.25) is 0 Å². The largest absolute Gasteiger partial charge is 0.393 e. The maximum atomic E-state index is 10.2. The van der Waals surface area contributed by atoms with Gasteiger partial charge in [0.25, 0.3) is 0 Å². The van der Waals surface area contributed by atoms with E-state index in [1.54, 1.807) is 0 Å². The van der Waals surface area contributed by atoms with Crippen LogP contribution in [-0.4, -0.2) is 23.4 Å². The molecule has 1 heterocycles. The zero-order valence-corrected chi connectivity index (χ0v) is 15.7. The Morgan fingerprint density at radius 3 is 2.58 bits per heavy atom. The molecule has 136 valence electrons. The third-order valence-electron chi connectivity index (χ3n) is 9.69. The molecule has 1 saturated heterocycles. The highest BCUT2D eigenvalue weighted by Crippen LogP contribution is 2.68. The second kappa shape index (κ2) is 5.46. The molecule has 5 rings (SSSR count). The maximum Gasteiger partial charge on any atom is 0.0637 e. The molecule has 0 bridgehead atoms. The lowest BCUT2D eigenvalue weighted by Gasteiger charge is -2.62. The number of aliphatic hydroxyl groups excluding tert-OH is 1. The third-order valence-corrected chi connectivity index (χ3v) is 9.69. The fourth-order valence-electron chi connectivity index (χ4n) is 8.49. The number of hydrogen-bond acceptors (Lipinski definition) is 2. The predicted octanol–water partition coefficient (Wildman–Crippen LogP) is 4.94. The van der Waals surface area contributed by atoms with E-state index >= 15 is 0 Å². The molecule has 0 aromatic carbocycles. The molecule has 2 nitrogen and oxygen atoms in total. The summed E-state index contributed by atoms with van der Waals surface area (Å²) in [6.45, 7) is 4.88. The van der Waals surface area contributed by atoms with Crippen molar-refractivity contribution in [3.05, 3.63) is 0 Å². The van der Waals surface area contributed by atoms with Crippen LogP contribution < -0.4 is 0 Å². The van der Waals surface area contributed by atoms with Crippen molar-refractivity contribution in [1.82, 2.24) is 0 Å². The summed E-state index contributed by atoms with van der Waals surface area (Å²) in [6.07, 6.45) is 15.6. The molecular weight excluding hydrogens is 296 g/mol. The van der Waals surface area contributed by atoms with Gasteiger partial charge in [-0.3, -0.25) is 0 Å². The zero-order valence-electron chi connectivity index (χ0n) is 15.7. The molecule has 3 unspecified atom stereocenters. The number of aliphatic hydroxyl groups is 1. The predicted molar refractivity (Wildman–Crippen MR) is 95.6 cm³/mol.